The smallest absolute Gasteiger partial charge is 0.302 e. The molecule has 25 heavy (non-hydrogen) atoms. The maximum atomic E-state index is 10.9. The molecule has 2 aliphatic carbocycles. The van der Waals surface area contributed by atoms with Gasteiger partial charge in [0, 0.05) is 6.92 Å². The molecular formula is C22H36O3. The van der Waals surface area contributed by atoms with Crippen LogP contribution in [0.25, 0.3) is 0 Å². The Bertz CT molecular complexity index is 545. The lowest BCUT2D eigenvalue weighted by Gasteiger charge is -2.58. The standard InChI is InChI=1S/C22H36O3/c1-15-8-9-20-21(4,5)11-7-12-22(20,6)18(15)14-19(24)16(2)10-13-25-17(3)23/h10,18-20,24H,1,7-9,11-14H2,2-6H3. The fourth-order valence-corrected chi connectivity index (χ4v) is 5.55. The first-order valence-electron chi connectivity index (χ1n) is 9.73. The van der Waals surface area contributed by atoms with E-state index in [9.17, 15) is 9.90 Å². The minimum atomic E-state index is -0.502. The molecule has 1 N–H and O–H groups in total. The lowest BCUT2D eigenvalue weighted by molar-refractivity contribution is -0.139. The number of allylic oxidation sites excluding steroid dienone is 1. The molecule has 0 spiro atoms. The van der Waals surface area contributed by atoms with E-state index in [4.69, 9.17) is 4.74 Å². The van der Waals surface area contributed by atoms with Crippen LogP contribution >= 0.6 is 0 Å². The number of carbonyl (C=O) groups is 1. The van der Waals surface area contributed by atoms with E-state index in [0.717, 1.165) is 18.4 Å². The van der Waals surface area contributed by atoms with Crippen LogP contribution in [0.5, 0.6) is 0 Å². The maximum Gasteiger partial charge on any atom is 0.302 e. The van der Waals surface area contributed by atoms with Crippen LogP contribution in [-0.2, 0) is 9.53 Å². The van der Waals surface area contributed by atoms with Crippen LogP contribution in [0.1, 0.15) is 73.1 Å². The Kier molecular flexibility index (Phi) is 6.19. The highest BCUT2D eigenvalue weighted by atomic mass is 16.5. The lowest BCUT2D eigenvalue weighted by atomic mass is 9.47. The normalized spacial score (nSPS) is 33.5. The molecule has 2 aliphatic rings. The van der Waals surface area contributed by atoms with Gasteiger partial charge in [0.1, 0.15) is 6.61 Å². The molecule has 0 heterocycles. The number of aliphatic hydroxyl groups is 1. The summed E-state index contributed by atoms with van der Waals surface area (Å²) in [5, 5.41) is 10.7. The van der Waals surface area contributed by atoms with E-state index in [-0.39, 0.29) is 18.0 Å². The van der Waals surface area contributed by atoms with Crippen LogP contribution in [0.3, 0.4) is 0 Å². The molecule has 0 radical (unpaired) electrons. The number of ether oxygens (including phenoxy) is 1. The molecule has 0 aromatic rings. The molecule has 2 fully saturated rings. The van der Waals surface area contributed by atoms with Crippen LogP contribution in [-0.4, -0.2) is 23.8 Å². The molecule has 0 saturated heterocycles. The van der Waals surface area contributed by atoms with E-state index in [1.807, 2.05) is 13.0 Å². The van der Waals surface area contributed by atoms with Crippen molar-refractivity contribution >= 4 is 5.97 Å². The van der Waals surface area contributed by atoms with Crippen molar-refractivity contribution in [3.8, 4) is 0 Å². The monoisotopic (exact) mass is 348 g/mol. The van der Waals surface area contributed by atoms with E-state index >= 15 is 0 Å². The Morgan fingerprint density at radius 1 is 1.36 bits per heavy atom. The molecule has 3 heteroatoms. The topological polar surface area (TPSA) is 46.5 Å². The molecule has 2 saturated carbocycles. The summed E-state index contributed by atoms with van der Waals surface area (Å²) in [4.78, 5) is 10.9. The first-order valence-corrected chi connectivity index (χ1v) is 9.73. The quantitative estimate of drug-likeness (QED) is 0.559. The van der Waals surface area contributed by atoms with E-state index in [0.29, 0.717) is 17.3 Å². The Morgan fingerprint density at radius 2 is 2.04 bits per heavy atom. The second-order valence-electron chi connectivity index (χ2n) is 9.15. The van der Waals surface area contributed by atoms with E-state index < -0.39 is 6.10 Å². The average Bonchev–Trinajstić information content (AvgIpc) is 2.49. The molecule has 4 atom stereocenters. The zero-order valence-corrected chi connectivity index (χ0v) is 16.7. The van der Waals surface area contributed by atoms with Gasteiger partial charge in [0.15, 0.2) is 0 Å². The van der Waals surface area contributed by atoms with Crippen LogP contribution < -0.4 is 0 Å². The number of esters is 1. The van der Waals surface area contributed by atoms with Crippen molar-refractivity contribution in [2.24, 2.45) is 22.7 Å². The van der Waals surface area contributed by atoms with Crippen molar-refractivity contribution < 1.29 is 14.6 Å². The number of hydrogen-bond donors (Lipinski definition) is 1. The maximum absolute atomic E-state index is 10.9. The van der Waals surface area contributed by atoms with Crippen molar-refractivity contribution in [3.63, 3.8) is 0 Å². The SMILES string of the molecule is C=C1CCC2C(C)(C)CCCC2(C)C1CC(O)C(C)=CCOC(C)=O. The van der Waals surface area contributed by atoms with Crippen molar-refractivity contribution in [3.05, 3.63) is 23.8 Å². The summed E-state index contributed by atoms with van der Waals surface area (Å²) in [6.07, 6.45) is 8.16. The molecule has 142 valence electrons. The van der Waals surface area contributed by atoms with Gasteiger partial charge in [0.05, 0.1) is 6.10 Å². The van der Waals surface area contributed by atoms with Gasteiger partial charge in [-0.15, -0.1) is 0 Å². The molecule has 2 rings (SSSR count). The largest absolute Gasteiger partial charge is 0.462 e. The number of carbonyl (C=O) groups excluding carboxylic acids is 1. The molecule has 0 bridgehead atoms. The second kappa shape index (κ2) is 7.65. The van der Waals surface area contributed by atoms with E-state index in [1.165, 1.54) is 38.2 Å². The minimum Gasteiger partial charge on any atom is -0.462 e. The summed E-state index contributed by atoms with van der Waals surface area (Å²) in [5.41, 5.74) is 2.80. The van der Waals surface area contributed by atoms with Crippen LogP contribution in [0, 0.1) is 22.7 Å². The lowest BCUT2D eigenvalue weighted by Crippen LogP contribution is -2.50. The summed E-state index contributed by atoms with van der Waals surface area (Å²) >= 11 is 0. The molecule has 0 aromatic carbocycles. The van der Waals surface area contributed by atoms with Gasteiger partial charge in [-0.2, -0.15) is 0 Å². The Morgan fingerprint density at radius 3 is 2.68 bits per heavy atom. The summed E-state index contributed by atoms with van der Waals surface area (Å²) in [5.74, 6) is 0.763. The third kappa shape index (κ3) is 4.36. The van der Waals surface area contributed by atoms with Crippen molar-refractivity contribution in [1.82, 2.24) is 0 Å². The highest BCUT2D eigenvalue weighted by molar-refractivity contribution is 5.66. The predicted molar refractivity (Wildman–Crippen MR) is 102 cm³/mol. The van der Waals surface area contributed by atoms with Crippen LogP contribution in [0.15, 0.2) is 23.8 Å². The van der Waals surface area contributed by atoms with Crippen LogP contribution in [0.2, 0.25) is 0 Å². The van der Waals surface area contributed by atoms with Crippen molar-refractivity contribution in [2.75, 3.05) is 6.61 Å². The molecule has 3 nitrogen and oxygen atoms in total. The predicted octanol–water partition coefficient (Wildman–Crippen LogP) is 5.05. The van der Waals surface area contributed by atoms with Gasteiger partial charge in [-0.1, -0.05) is 39.3 Å². The van der Waals surface area contributed by atoms with Gasteiger partial charge in [0.25, 0.3) is 0 Å². The Balaban J connectivity index is 2.13. The summed E-state index contributed by atoms with van der Waals surface area (Å²) in [6, 6.07) is 0. The number of fused-ring (bicyclic) bond motifs is 1. The molecule has 0 aliphatic heterocycles. The molecule has 0 aromatic heterocycles. The highest BCUT2D eigenvalue weighted by Crippen LogP contribution is 2.61. The van der Waals surface area contributed by atoms with Crippen LogP contribution in [0.4, 0.5) is 0 Å². The van der Waals surface area contributed by atoms with Gasteiger partial charge in [-0.25, -0.2) is 0 Å². The summed E-state index contributed by atoms with van der Waals surface area (Å²) < 4.78 is 4.96. The second-order valence-corrected chi connectivity index (χ2v) is 9.15. The fraction of sp³-hybridized carbons (Fsp3) is 0.773. The third-order valence-corrected chi connectivity index (χ3v) is 7.00. The van der Waals surface area contributed by atoms with E-state index in [1.54, 1.807) is 0 Å². The van der Waals surface area contributed by atoms with E-state index in [2.05, 4.69) is 27.4 Å². The van der Waals surface area contributed by atoms with Gasteiger partial charge in [-0.05, 0) is 73.3 Å². The Labute approximate surface area is 153 Å². The highest BCUT2D eigenvalue weighted by Gasteiger charge is 2.52. The van der Waals surface area contributed by atoms with Crippen molar-refractivity contribution in [1.29, 1.82) is 0 Å². The van der Waals surface area contributed by atoms with Gasteiger partial charge in [0.2, 0.25) is 0 Å². The molecular weight excluding hydrogens is 312 g/mol. The average molecular weight is 349 g/mol. The van der Waals surface area contributed by atoms with Gasteiger partial charge in [-0.3, -0.25) is 4.79 Å². The first kappa shape index (κ1) is 20.2. The summed E-state index contributed by atoms with van der Waals surface area (Å²) in [7, 11) is 0. The number of rotatable bonds is 5. The summed E-state index contributed by atoms with van der Waals surface area (Å²) in [6.45, 7) is 15.2. The zero-order valence-electron chi connectivity index (χ0n) is 16.7. The van der Waals surface area contributed by atoms with Gasteiger partial charge < -0.3 is 9.84 Å². The van der Waals surface area contributed by atoms with Crippen molar-refractivity contribution in [2.45, 2.75) is 79.2 Å². The third-order valence-electron chi connectivity index (χ3n) is 7.00. The number of aliphatic hydroxyl groups excluding tert-OH is 1. The Hall–Kier alpha value is -1.09. The molecule has 4 unspecified atom stereocenters. The zero-order chi connectivity index (χ0) is 18.8. The first-order chi connectivity index (χ1) is 11.6. The fourth-order valence-electron chi connectivity index (χ4n) is 5.55. The van der Waals surface area contributed by atoms with Gasteiger partial charge >= 0.3 is 5.97 Å². The minimum absolute atomic E-state index is 0.230. The number of hydrogen-bond acceptors (Lipinski definition) is 3. The molecule has 0 amide bonds.